The summed E-state index contributed by atoms with van der Waals surface area (Å²) in [5.74, 6) is 0. The van der Waals surface area contributed by atoms with Crippen molar-refractivity contribution in [1.29, 1.82) is 0 Å². The second kappa shape index (κ2) is 7.06. The minimum atomic E-state index is -1.53. The molecule has 0 amide bonds. The van der Waals surface area contributed by atoms with Crippen molar-refractivity contribution in [2.75, 3.05) is 13.2 Å². The molecule has 1 fully saturated rings. The van der Waals surface area contributed by atoms with E-state index in [1.54, 1.807) is 0 Å². The molecule has 2 nitrogen and oxygen atoms in total. The molecule has 0 bridgehead atoms. The maximum atomic E-state index is 6.18. The zero-order chi connectivity index (χ0) is 13.6. The fourth-order valence-electron chi connectivity index (χ4n) is 2.05. The van der Waals surface area contributed by atoms with Gasteiger partial charge >= 0.3 is 0 Å². The van der Waals surface area contributed by atoms with Gasteiger partial charge in [0.1, 0.15) is 0 Å². The Balaban J connectivity index is 2.08. The van der Waals surface area contributed by atoms with Crippen molar-refractivity contribution in [3.63, 3.8) is 0 Å². The maximum absolute atomic E-state index is 6.18. The van der Waals surface area contributed by atoms with Crippen LogP contribution in [0.1, 0.15) is 59.3 Å². The Morgan fingerprint density at radius 1 is 1.17 bits per heavy atom. The number of hydrogen-bond donors (Lipinski definition) is 0. The number of rotatable bonds is 6. The van der Waals surface area contributed by atoms with E-state index in [4.69, 9.17) is 9.16 Å². The lowest BCUT2D eigenvalue weighted by molar-refractivity contribution is 0.00934. The van der Waals surface area contributed by atoms with Gasteiger partial charge in [-0.1, -0.05) is 20.8 Å². The van der Waals surface area contributed by atoms with Crippen molar-refractivity contribution in [2.45, 2.75) is 83.5 Å². The van der Waals surface area contributed by atoms with Gasteiger partial charge in [0.15, 0.2) is 8.32 Å². The first kappa shape index (κ1) is 16.2. The fourth-order valence-corrected chi connectivity index (χ4v) is 3.14. The summed E-state index contributed by atoms with van der Waals surface area (Å²) in [6.45, 7) is 13.5. The van der Waals surface area contributed by atoms with Gasteiger partial charge in [0.25, 0.3) is 0 Å². The van der Waals surface area contributed by atoms with Crippen molar-refractivity contribution in [3.8, 4) is 0 Å². The van der Waals surface area contributed by atoms with E-state index in [1.165, 1.54) is 38.5 Å². The molecule has 0 aromatic rings. The minimum Gasteiger partial charge on any atom is -0.417 e. The molecule has 108 valence electrons. The van der Waals surface area contributed by atoms with Crippen LogP contribution in [0.15, 0.2) is 0 Å². The van der Waals surface area contributed by atoms with Gasteiger partial charge in [0, 0.05) is 13.2 Å². The molecule has 1 rings (SSSR count). The van der Waals surface area contributed by atoms with E-state index in [1.807, 2.05) is 0 Å². The molecular weight excluding hydrogens is 240 g/mol. The Hall–Kier alpha value is 0.137. The second-order valence-electron chi connectivity index (χ2n) is 7.09. The minimum absolute atomic E-state index is 0.333. The van der Waals surface area contributed by atoms with E-state index in [9.17, 15) is 0 Å². The third kappa shape index (κ3) is 5.41. The molecular formula is C15H32O2Si. The zero-order valence-electron chi connectivity index (χ0n) is 13.1. The highest BCUT2D eigenvalue weighted by molar-refractivity contribution is 6.74. The molecule has 0 radical (unpaired) electrons. The molecule has 1 atom stereocenters. The second-order valence-corrected chi connectivity index (χ2v) is 11.9. The Morgan fingerprint density at radius 3 is 2.44 bits per heavy atom. The summed E-state index contributed by atoms with van der Waals surface area (Å²) in [7, 11) is -1.53. The van der Waals surface area contributed by atoms with Gasteiger partial charge in [-0.15, -0.1) is 0 Å². The first-order chi connectivity index (χ1) is 8.33. The summed E-state index contributed by atoms with van der Waals surface area (Å²) in [6.07, 6.45) is 8.07. The highest BCUT2D eigenvalue weighted by Crippen LogP contribution is 2.36. The number of ether oxygens (including phenoxy) is 1. The van der Waals surface area contributed by atoms with Crippen LogP contribution in [0.3, 0.4) is 0 Å². The molecule has 1 aliphatic heterocycles. The zero-order valence-corrected chi connectivity index (χ0v) is 14.1. The van der Waals surface area contributed by atoms with Crippen molar-refractivity contribution in [1.82, 2.24) is 0 Å². The van der Waals surface area contributed by atoms with Gasteiger partial charge in [-0.05, 0) is 56.7 Å². The average Bonchev–Trinajstić information content (AvgIpc) is 2.28. The third-order valence-electron chi connectivity index (χ3n) is 4.46. The Labute approximate surface area is 115 Å². The van der Waals surface area contributed by atoms with Crippen LogP contribution in [-0.2, 0) is 9.16 Å². The number of unbranched alkanes of at least 4 members (excludes halogenated alkanes) is 1. The van der Waals surface area contributed by atoms with E-state index < -0.39 is 8.32 Å². The van der Waals surface area contributed by atoms with Crippen molar-refractivity contribution >= 4 is 8.32 Å². The third-order valence-corrected chi connectivity index (χ3v) is 9.00. The maximum Gasteiger partial charge on any atom is 0.191 e. The van der Waals surface area contributed by atoms with Crippen LogP contribution >= 0.6 is 0 Å². The van der Waals surface area contributed by atoms with Crippen molar-refractivity contribution in [2.24, 2.45) is 0 Å². The molecule has 1 heterocycles. The quantitative estimate of drug-likeness (QED) is 0.513. The largest absolute Gasteiger partial charge is 0.417 e. The van der Waals surface area contributed by atoms with E-state index >= 15 is 0 Å². The summed E-state index contributed by atoms with van der Waals surface area (Å²) in [4.78, 5) is 0. The summed E-state index contributed by atoms with van der Waals surface area (Å²) in [6, 6.07) is 0. The normalized spacial score (nSPS) is 22.2. The van der Waals surface area contributed by atoms with Crippen LogP contribution in [-0.4, -0.2) is 27.6 Å². The van der Waals surface area contributed by atoms with E-state index in [0.29, 0.717) is 11.1 Å². The van der Waals surface area contributed by atoms with Crippen LogP contribution in [0.4, 0.5) is 0 Å². The topological polar surface area (TPSA) is 18.5 Å². The highest BCUT2D eigenvalue weighted by atomic mass is 28.4. The van der Waals surface area contributed by atoms with E-state index in [-0.39, 0.29) is 0 Å². The molecule has 3 heteroatoms. The van der Waals surface area contributed by atoms with Gasteiger partial charge < -0.3 is 9.16 Å². The smallest absolute Gasteiger partial charge is 0.191 e. The van der Waals surface area contributed by atoms with Crippen LogP contribution in [0, 0.1) is 0 Å². The lowest BCUT2D eigenvalue weighted by Crippen LogP contribution is -2.40. The van der Waals surface area contributed by atoms with Crippen LogP contribution < -0.4 is 0 Å². The first-order valence-corrected chi connectivity index (χ1v) is 10.5. The fraction of sp³-hybridized carbons (Fsp3) is 1.00. The van der Waals surface area contributed by atoms with E-state index in [2.05, 4.69) is 33.9 Å². The predicted octanol–water partition coefficient (Wildman–Crippen LogP) is 4.75. The molecule has 0 aromatic carbocycles. The van der Waals surface area contributed by atoms with Crippen molar-refractivity contribution < 1.29 is 9.16 Å². The molecule has 0 spiro atoms. The average molecular weight is 273 g/mol. The van der Waals surface area contributed by atoms with Gasteiger partial charge in [-0.3, -0.25) is 0 Å². The lowest BCUT2D eigenvalue weighted by Gasteiger charge is -2.36. The van der Waals surface area contributed by atoms with Crippen LogP contribution in [0.25, 0.3) is 0 Å². The summed E-state index contributed by atoms with van der Waals surface area (Å²) < 4.78 is 11.9. The van der Waals surface area contributed by atoms with E-state index in [0.717, 1.165) is 13.2 Å². The number of hydrogen-bond acceptors (Lipinski definition) is 2. The standard InChI is InChI=1S/C15H32O2Si/c1-15(2,3)18(4,5)17-13-9-7-11-14-10-6-8-12-16-14/h14H,6-13H2,1-5H3. The van der Waals surface area contributed by atoms with Crippen LogP contribution in [0.5, 0.6) is 0 Å². The summed E-state index contributed by atoms with van der Waals surface area (Å²) in [5, 5.41) is 0.333. The summed E-state index contributed by atoms with van der Waals surface area (Å²) in [5.41, 5.74) is 0. The SMILES string of the molecule is CC(C)(C)[Si](C)(C)OCCCCC1CCCCO1. The Bertz CT molecular complexity index is 227. The predicted molar refractivity (Wildman–Crippen MR) is 80.6 cm³/mol. The molecule has 0 saturated carbocycles. The summed E-state index contributed by atoms with van der Waals surface area (Å²) >= 11 is 0. The molecule has 18 heavy (non-hydrogen) atoms. The first-order valence-electron chi connectivity index (χ1n) is 7.58. The molecule has 0 aliphatic carbocycles. The van der Waals surface area contributed by atoms with Crippen LogP contribution in [0.2, 0.25) is 18.1 Å². The molecule has 0 aromatic heterocycles. The Kier molecular flexibility index (Phi) is 6.35. The molecule has 1 unspecified atom stereocenters. The molecule has 1 saturated heterocycles. The van der Waals surface area contributed by atoms with Gasteiger partial charge in [-0.2, -0.15) is 0 Å². The molecule has 0 N–H and O–H groups in total. The van der Waals surface area contributed by atoms with Gasteiger partial charge in [-0.25, -0.2) is 0 Å². The van der Waals surface area contributed by atoms with Crippen molar-refractivity contribution in [3.05, 3.63) is 0 Å². The van der Waals surface area contributed by atoms with Gasteiger partial charge in [0.2, 0.25) is 0 Å². The lowest BCUT2D eigenvalue weighted by atomic mass is 10.0. The monoisotopic (exact) mass is 272 g/mol. The molecule has 1 aliphatic rings. The Morgan fingerprint density at radius 2 is 1.89 bits per heavy atom. The highest BCUT2D eigenvalue weighted by Gasteiger charge is 2.36. The van der Waals surface area contributed by atoms with Gasteiger partial charge in [0.05, 0.1) is 6.10 Å².